The zero-order valence-electron chi connectivity index (χ0n) is 19.9. The van der Waals surface area contributed by atoms with Crippen LogP contribution in [0.15, 0.2) is 30.6 Å². The second-order valence-electron chi connectivity index (χ2n) is 9.11. The lowest BCUT2D eigenvalue weighted by Gasteiger charge is -2.40. The van der Waals surface area contributed by atoms with Crippen molar-refractivity contribution in [2.45, 2.75) is 45.2 Å². The van der Waals surface area contributed by atoms with Gasteiger partial charge in [-0.15, -0.1) is 0 Å². The Labute approximate surface area is 200 Å². The number of fused-ring (bicyclic) bond motifs is 1. The predicted molar refractivity (Wildman–Crippen MR) is 124 cm³/mol. The van der Waals surface area contributed by atoms with E-state index in [0.29, 0.717) is 40.0 Å². The third-order valence-corrected chi connectivity index (χ3v) is 6.90. The van der Waals surface area contributed by atoms with Gasteiger partial charge in [0, 0.05) is 37.5 Å². The van der Waals surface area contributed by atoms with Crippen molar-refractivity contribution >= 4 is 16.9 Å². The second kappa shape index (κ2) is 8.51. The summed E-state index contributed by atoms with van der Waals surface area (Å²) in [6.07, 6.45) is 5.68. The number of likely N-dealkylation sites (tertiary alicyclic amines) is 1. The summed E-state index contributed by atoms with van der Waals surface area (Å²) in [5, 5.41) is 9.59. The first-order chi connectivity index (χ1) is 16.7. The number of aryl methyl sites for hydroxylation is 2. The van der Waals surface area contributed by atoms with Crippen LogP contribution in [0.1, 0.15) is 53.8 Å². The summed E-state index contributed by atoms with van der Waals surface area (Å²) >= 11 is 0. The third kappa shape index (κ3) is 3.67. The maximum absolute atomic E-state index is 14.0. The summed E-state index contributed by atoms with van der Waals surface area (Å²) in [5.41, 5.74) is 3.14. The normalized spacial score (nSPS) is 18.4. The van der Waals surface area contributed by atoms with Crippen molar-refractivity contribution in [3.63, 3.8) is 0 Å². The molecule has 4 heterocycles. The maximum atomic E-state index is 14.0. The molecule has 2 atom stereocenters. The van der Waals surface area contributed by atoms with Gasteiger partial charge in [-0.05, 0) is 51.3 Å². The number of piperidine rings is 1. The summed E-state index contributed by atoms with van der Waals surface area (Å²) in [6.45, 7) is 3.82. The minimum atomic E-state index is -1.51. The first-order valence-corrected chi connectivity index (χ1v) is 11.5. The number of rotatable bonds is 3. The van der Waals surface area contributed by atoms with Crippen molar-refractivity contribution in [3.05, 3.63) is 64.9 Å². The highest BCUT2D eigenvalue weighted by Crippen LogP contribution is 2.39. The molecule has 0 bridgehead atoms. The monoisotopic (exact) mass is 482 g/mol. The molecule has 0 unspecified atom stereocenters. The van der Waals surface area contributed by atoms with E-state index in [2.05, 4.69) is 15.2 Å². The zero-order chi connectivity index (χ0) is 25.0. The van der Waals surface area contributed by atoms with Crippen LogP contribution < -0.4 is 0 Å². The highest BCUT2D eigenvalue weighted by atomic mass is 19.2. The number of nitrogens with zero attached hydrogens (tertiary/aromatic N) is 6. The fourth-order valence-corrected chi connectivity index (χ4v) is 5.24. The van der Waals surface area contributed by atoms with Crippen molar-refractivity contribution in [1.29, 1.82) is 0 Å². The molecule has 1 saturated heterocycles. The average Bonchev–Trinajstić information content (AvgIpc) is 3.35. The summed E-state index contributed by atoms with van der Waals surface area (Å²) in [4.78, 5) is 20.1. The van der Waals surface area contributed by atoms with E-state index in [9.17, 15) is 18.0 Å². The molecule has 1 amide bonds. The number of pyridine rings is 1. The second-order valence-corrected chi connectivity index (χ2v) is 9.11. The van der Waals surface area contributed by atoms with Crippen LogP contribution in [0.5, 0.6) is 0 Å². The van der Waals surface area contributed by atoms with Gasteiger partial charge in [0.15, 0.2) is 23.1 Å². The van der Waals surface area contributed by atoms with Crippen LogP contribution in [0, 0.1) is 24.4 Å². The molecule has 3 aromatic heterocycles. The first-order valence-electron chi connectivity index (χ1n) is 11.5. The molecule has 1 aliphatic heterocycles. The van der Waals surface area contributed by atoms with Gasteiger partial charge in [0.1, 0.15) is 0 Å². The Kier molecular flexibility index (Phi) is 5.61. The standard InChI is InChI=1S/C25H25F3N6O/c1-13-6-5-7-20(34(13)25(35)16-8-9-29-24-17(16)12-30-33(24)4)22-14(2)23(32(3)31-22)15-10-18(26)21(28)19(27)11-15/h8-13,20H,5-7H2,1-4H3/t13-,20-/m0/s1. The number of aromatic nitrogens is 5. The lowest BCUT2D eigenvalue weighted by molar-refractivity contribution is 0.0469. The highest BCUT2D eigenvalue weighted by molar-refractivity contribution is 6.05. The van der Waals surface area contributed by atoms with Crippen LogP contribution in [-0.4, -0.2) is 41.4 Å². The van der Waals surface area contributed by atoms with Crippen LogP contribution in [0.3, 0.4) is 0 Å². The molecule has 7 nitrogen and oxygen atoms in total. The van der Waals surface area contributed by atoms with Gasteiger partial charge in [-0.25, -0.2) is 18.2 Å². The molecule has 0 aliphatic carbocycles. The minimum Gasteiger partial charge on any atom is -0.327 e. The molecule has 0 spiro atoms. The predicted octanol–water partition coefficient (Wildman–Crippen LogP) is 4.85. The van der Waals surface area contributed by atoms with Gasteiger partial charge >= 0.3 is 0 Å². The Morgan fingerprint density at radius 3 is 2.51 bits per heavy atom. The number of benzene rings is 1. The van der Waals surface area contributed by atoms with Gasteiger partial charge in [0.2, 0.25) is 0 Å². The van der Waals surface area contributed by atoms with E-state index in [4.69, 9.17) is 0 Å². The van der Waals surface area contributed by atoms with E-state index < -0.39 is 17.5 Å². The quantitative estimate of drug-likeness (QED) is 0.392. The van der Waals surface area contributed by atoms with Crippen LogP contribution in [0.4, 0.5) is 13.2 Å². The molecule has 35 heavy (non-hydrogen) atoms. The molecule has 5 rings (SSSR count). The lowest BCUT2D eigenvalue weighted by Crippen LogP contribution is -2.44. The Hall–Kier alpha value is -3.69. The number of halogens is 3. The van der Waals surface area contributed by atoms with Crippen LogP contribution in [0.2, 0.25) is 0 Å². The van der Waals surface area contributed by atoms with Gasteiger partial charge in [-0.1, -0.05) is 0 Å². The van der Waals surface area contributed by atoms with E-state index in [-0.39, 0.29) is 23.6 Å². The number of carbonyl (C=O) groups excluding carboxylic acids is 1. The van der Waals surface area contributed by atoms with Gasteiger partial charge in [0.25, 0.3) is 5.91 Å². The third-order valence-electron chi connectivity index (χ3n) is 6.90. The summed E-state index contributed by atoms with van der Waals surface area (Å²) < 4.78 is 44.7. The van der Waals surface area contributed by atoms with E-state index in [1.165, 1.54) is 4.68 Å². The molecule has 1 aromatic carbocycles. The van der Waals surface area contributed by atoms with Crippen molar-refractivity contribution in [1.82, 2.24) is 29.4 Å². The van der Waals surface area contributed by atoms with Crippen molar-refractivity contribution in [2.24, 2.45) is 14.1 Å². The molecule has 0 N–H and O–H groups in total. The largest absolute Gasteiger partial charge is 0.327 e. The Balaban J connectivity index is 1.60. The van der Waals surface area contributed by atoms with Crippen molar-refractivity contribution in [2.75, 3.05) is 0 Å². The van der Waals surface area contributed by atoms with Crippen LogP contribution in [-0.2, 0) is 14.1 Å². The van der Waals surface area contributed by atoms with Gasteiger partial charge in [0.05, 0.1) is 34.6 Å². The Morgan fingerprint density at radius 2 is 1.80 bits per heavy atom. The number of hydrogen-bond acceptors (Lipinski definition) is 4. The Morgan fingerprint density at radius 1 is 1.09 bits per heavy atom. The SMILES string of the molecule is Cc1c([C@@H]2CCC[C@H](C)N2C(=O)c2ccnc3c2cnn3C)nn(C)c1-c1cc(F)c(F)c(F)c1. The molecule has 4 aromatic rings. The van der Waals surface area contributed by atoms with E-state index in [0.717, 1.165) is 25.0 Å². The van der Waals surface area contributed by atoms with Crippen LogP contribution in [0.25, 0.3) is 22.3 Å². The van der Waals surface area contributed by atoms with Crippen molar-refractivity contribution in [3.8, 4) is 11.3 Å². The highest BCUT2D eigenvalue weighted by Gasteiger charge is 2.37. The maximum Gasteiger partial charge on any atom is 0.255 e. The Bertz CT molecular complexity index is 1440. The summed E-state index contributed by atoms with van der Waals surface area (Å²) in [7, 11) is 3.45. The van der Waals surface area contributed by atoms with Gasteiger partial charge < -0.3 is 4.90 Å². The number of hydrogen-bond donors (Lipinski definition) is 0. The van der Waals surface area contributed by atoms with Crippen LogP contribution >= 0.6 is 0 Å². The number of carbonyl (C=O) groups is 1. The first kappa shape index (κ1) is 23.1. The molecule has 1 fully saturated rings. The van der Waals surface area contributed by atoms with Crippen molar-refractivity contribution < 1.29 is 18.0 Å². The fourth-order valence-electron chi connectivity index (χ4n) is 5.24. The minimum absolute atomic E-state index is 0.0493. The molecule has 10 heteroatoms. The van der Waals surface area contributed by atoms with E-state index in [1.54, 1.807) is 37.2 Å². The summed E-state index contributed by atoms with van der Waals surface area (Å²) in [6, 6.07) is 3.25. The smallest absolute Gasteiger partial charge is 0.255 e. The molecule has 1 aliphatic rings. The fraction of sp³-hybridized carbons (Fsp3) is 0.360. The van der Waals surface area contributed by atoms with E-state index in [1.807, 2.05) is 18.7 Å². The molecule has 182 valence electrons. The lowest BCUT2D eigenvalue weighted by atomic mass is 9.91. The average molecular weight is 483 g/mol. The summed E-state index contributed by atoms with van der Waals surface area (Å²) in [5.74, 6) is -4.18. The van der Waals surface area contributed by atoms with E-state index >= 15 is 0 Å². The molecule has 0 saturated carbocycles. The van der Waals surface area contributed by atoms with Gasteiger partial charge in [-0.3, -0.25) is 14.2 Å². The molecular formula is C25H25F3N6O. The molecular weight excluding hydrogens is 457 g/mol. The topological polar surface area (TPSA) is 68.8 Å². The number of amides is 1. The van der Waals surface area contributed by atoms with Gasteiger partial charge in [-0.2, -0.15) is 10.2 Å². The molecule has 0 radical (unpaired) electrons. The zero-order valence-corrected chi connectivity index (χ0v) is 19.9.